The maximum atomic E-state index is 8.61. The van der Waals surface area contributed by atoms with Crippen LogP contribution in [0.25, 0.3) is 16.6 Å². The highest BCUT2D eigenvalue weighted by molar-refractivity contribution is 9.10. The Bertz CT molecular complexity index is 978. The number of hydrogen-bond donors (Lipinski definition) is 2. The van der Waals surface area contributed by atoms with E-state index in [2.05, 4.69) is 26.2 Å². The highest BCUT2D eigenvalue weighted by Gasteiger charge is 2.31. The summed E-state index contributed by atoms with van der Waals surface area (Å²) in [5.74, 6) is 0.811. The summed E-state index contributed by atoms with van der Waals surface area (Å²) in [6.45, 7) is 0. The van der Waals surface area contributed by atoms with Crippen molar-refractivity contribution in [2.75, 3.05) is 0 Å². The molecule has 1 aromatic heterocycles. The standard InChI is InChI=1S/C21H20BrN5/c22-15-5-6-18-19(10-15)27-20(12-26-18)17(21(24)14-3-4-14)11-25-16-8-13(9-16)2-1-7-23/h1-2,5-6,10-14,16,24-25H,3-4,8-9H2/b2-1+,17-11-,24-21?. The number of benzene rings is 1. The molecule has 0 spiro atoms. The van der Waals surface area contributed by atoms with E-state index >= 15 is 0 Å². The molecule has 27 heavy (non-hydrogen) atoms. The Morgan fingerprint density at radius 1 is 1.30 bits per heavy atom. The molecule has 1 heterocycles. The quantitative estimate of drug-likeness (QED) is 0.526. The lowest BCUT2D eigenvalue weighted by Gasteiger charge is -2.33. The number of rotatable bonds is 6. The summed E-state index contributed by atoms with van der Waals surface area (Å²) in [7, 11) is 0. The summed E-state index contributed by atoms with van der Waals surface area (Å²) in [6, 6.07) is 8.27. The third-order valence-corrected chi connectivity index (χ3v) is 5.63. The molecule has 2 aliphatic rings. The van der Waals surface area contributed by atoms with Crippen molar-refractivity contribution in [3.63, 3.8) is 0 Å². The molecule has 0 bridgehead atoms. The van der Waals surface area contributed by atoms with Gasteiger partial charge >= 0.3 is 0 Å². The summed E-state index contributed by atoms with van der Waals surface area (Å²) in [5, 5.41) is 20.6. The lowest BCUT2D eigenvalue weighted by molar-refractivity contribution is 0.291. The Morgan fingerprint density at radius 3 is 2.85 bits per heavy atom. The molecule has 0 saturated heterocycles. The fourth-order valence-electron chi connectivity index (χ4n) is 3.33. The minimum atomic E-state index is 0.339. The smallest absolute Gasteiger partial charge is 0.0925 e. The summed E-state index contributed by atoms with van der Waals surface area (Å²) >= 11 is 3.48. The normalized spacial score (nSPS) is 22.4. The maximum absolute atomic E-state index is 8.61. The van der Waals surface area contributed by atoms with Crippen LogP contribution in [0.5, 0.6) is 0 Å². The van der Waals surface area contributed by atoms with Crippen LogP contribution in [0.4, 0.5) is 0 Å². The molecule has 1 aromatic carbocycles. The predicted molar refractivity (Wildman–Crippen MR) is 110 cm³/mol. The van der Waals surface area contributed by atoms with Crippen LogP contribution in [0.3, 0.4) is 0 Å². The monoisotopic (exact) mass is 421 g/mol. The fourth-order valence-corrected chi connectivity index (χ4v) is 3.68. The van der Waals surface area contributed by atoms with E-state index in [0.717, 1.165) is 52.5 Å². The molecule has 2 N–H and O–H groups in total. The van der Waals surface area contributed by atoms with Crippen molar-refractivity contribution in [2.45, 2.75) is 31.7 Å². The molecule has 136 valence electrons. The third-order valence-electron chi connectivity index (χ3n) is 5.14. The summed E-state index contributed by atoms with van der Waals surface area (Å²) in [5.41, 5.74) is 3.89. The van der Waals surface area contributed by atoms with Crippen molar-refractivity contribution in [3.8, 4) is 6.07 Å². The zero-order chi connectivity index (χ0) is 18.8. The van der Waals surface area contributed by atoms with Crippen LogP contribution in [-0.4, -0.2) is 21.7 Å². The van der Waals surface area contributed by atoms with Gasteiger partial charge in [-0.05, 0) is 49.8 Å². The van der Waals surface area contributed by atoms with Crippen molar-refractivity contribution in [1.82, 2.24) is 15.3 Å². The first-order valence-corrected chi connectivity index (χ1v) is 9.97. The van der Waals surface area contributed by atoms with E-state index in [1.807, 2.05) is 36.5 Å². The fraction of sp³-hybridized carbons (Fsp3) is 0.333. The molecule has 2 aliphatic carbocycles. The van der Waals surface area contributed by atoms with Crippen LogP contribution in [0, 0.1) is 28.6 Å². The van der Waals surface area contributed by atoms with Crippen LogP contribution in [-0.2, 0) is 0 Å². The van der Waals surface area contributed by atoms with E-state index in [0.29, 0.717) is 23.6 Å². The van der Waals surface area contributed by atoms with Crippen molar-refractivity contribution in [3.05, 3.63) is 52.9 Å². The molecule has 6 heteroatoms. The third kappa shape index (κ3) is 4.09. The van der Waals surface area contributed by atoms with Gasteiger partial charge in [0.05, 0.1) is 29.0 Å². The van der Waals surface area contributed by atoms with Crippen molar-refractivity contribution in [2.24, 2.45) is 11.8 Å². The second-order valence-electron chi connectivity index (χ2n) is 7.22. The number of aromatic nitrogens is 2. The number of fused-ring (bicyclic) bond motifs is 1. The van der Waals surface area contributed by atoms with Gasteiger partial charge in [0, 0.05) is 40.0 Å². The highest BCUT2D eigenvalue weighted by atomic mass is 79.9. The van der Waals surface area contributed by atoms with Gasteiger partial charge < -0.3 is 10.7 Å². The first-order chi connectivity index (χ1) is 13.1. The van der Waals surface area contributed by atoms with E-state index < -0.39 is 0 Å². The number of halogens is 1. The topological polar surface area (TPSA) is 85.5 Å². The van der Waals surface area contributed by atoms with E-state index in [-0.39, 0.29) is 0 Å². The van der Waals surface area contributed by atoms with Gasteiger partial charge in [-0.1, -0.05) is 22.0 Å². The van der Waals surface area contributed by atoms with Gasteiger partial charge in [0.1, 0.15) is 0 Å². The lowest BCUT2D eigenvalue weighted by atomic mass is 9.80. The molecule has 0 radical (unpaired) electrons. The van der Waals surface area contributed by atoms with Gasteiger partial charge in [0.15, 0.2) is 0 Å². The average molecular weight is 422 g/mol. The molecular formula is C21H20BrN5. The molecule has 0 aliphatic heterocycles. The largest absolute Gasteiger partial charge is 0.388 e. The van der Waals surface area contributed by atoms with Gasteiger partial charge in [-0.15, -0.1) is 0 Å². The minimum Gasteiger partial charge on any atom is -0.388 e. The first-order valence-electron chi connectivity index (χ1n) is 9.18. The number of nitriles is 1. The number of nitrogens with zero attached hydrogens (tertiary/aromatic N) is 3. The minimum absolute atomic E-state index is 0.339. The SMILES string of the molecule is N#C/C=C/C1CC(N/C=C(\C(=N)C2CC2)c2cnc3ccc(Br)cc3n2)C1. The average Bonchev–Trinajstić information content (AvgIpc) is 3.47. The second-order valence-corrected chi connectivity index (χ2v) is 8.13. The van der Waals surface area contributed by atoms with Crippen molar-refractivity contribution < 1.29 is 0 Å². The van der Waals surface area contributed by atoms with Gasteiger partial charge in [-0.3, -0.25) is 4.98 Å². The van der Waals surface area contributed by atoms with Gasteiger partial charge in [-0.25, -0.2) is 4.98 Å². The van der Waals surface area contributed by atoms with Crippen LogP contribution >= 0.6 is 15.9 Å². The predicted octanol–water partition coefficient (Wildman–Crippen LogP) is 4.61. The van der Waals surface area contributed by atoms with Crippen molar-refractivity contribution >= 4 is 38.2 Å². The van der Waals surface area contributed by atoms with Gasteiger partial charge in [-0.2, -0.15) is 5.26 Å². The maximum Gasteiger partial charge on any atom is 0.0925 e. The Kier molecular flexibility index (Phi) is 5.04. The lowest BCUT2D eigenvalue weighted by Crippen LogP contribution is -2.38. The Labute approximate surface area is 166 Å². The van der Waals surface area contributed by atoms with Crippen LogP contribution in [0.1, 0.15) is 31.4 Å². The molecule has 2 fully saturated rings. The van der Waals surface area contributed by atoms with Crippen molar-refractivity contribution in [1.29, 1.82) is 10.7 Å². The number of allylic oxidation sites excluding steroid dienone is 3. The number of nitrogens with one attached hydrogen (secondary N) is 2. The van der Waals surface area contributed by atoms with Crippen LogP contribution < -0.4 is 5.32 Å². The highest BCUT2D eigenvalue weighted by Crippen LogP contribution is 2.35. The Hall–Kier alpha value is -2.52. The summed E-state index contributed by atoms with van der Waals surface area (Å²) in [6.07, 6.45) is 11.4. The molecule has 2 saturated carbocycles. The first kappa shape index (κ1) is 17.9. The molecule has 0 amide bonds. The molecule has 0 atom stereocenters. The number of hydrogen-bond acceptors (Lipinski definition) is 5. The van der Waals surface area contributed by atoms with E-state index in [4.69, 9.17) is 15.7 Å². The molecular weight excluding hydrogens is 402 g/mol. The molecule has 2 aromatic rings. The van der Waals surface area contributed by atoms with Crippen LogP contribution in [0.15, 0.2) is 47.2 Å². The zero-order valence-electron chi connectivity index (χ0n) is 14.8. The summed E-state index contributed by atoms with van der Waals surface area (Å²) < 4.78 is 0.966. The molecule has 4 rings (SSSR count). The molecule has 5 nitrogen and oxygen atoms in total. The Morgan fingerprint density at radius 2 is 2.11 bits per heavy atom. The Balaban J connectivity index is 1.55. The van der Waals surface area contributed by atoms with Gasteiger partial charge in [0.2, 0.25) is 0 Å². The van der Waals surface area contributed by atoms with E-state index in [9.17, 15) is 0 Å². The summed E-state index contributed by atoms with van der Waals surface area (Å²) in [4.78, 5) is 9.28. The van der Waals surface area contributed by atoms with E-state index in [1.54, 1.807) is 12.3 Å². The van der Waals surface area contributed by atoms with E-state index in [1.165, 1.54) is 0 Å². The van der Waals surface area contributed by atoms with Crippen LogP contribution in [0.2, 0.25) is 0 Å². The van der Waals surface area contributed by atoms with Gasteiger partial charge in [0.25, 0.3) is 0 Å². The molecule has 0 unspecified atom stereocenters. The second kappa shape index (κ2) is 7.61. The zero-order valence-corrected chi connectivity index (χ0v) is 16.4.